The summed E-state index contributed by atoms with van der Waals surface area (Å²) in [7, 11) is -3.76. The Morgan fingerprint density at radius 3 is 2.31 bits per heavy atom. The molecule has 3 rings (SSSR count). The van der Waals surface area contributed by atoms with Gasteiger partial charge < -0.3 is 5.32 Å². The molecule has 0 radical (unpaired) electrons. The first kappa shape index (κ1) is 21.2. The van der Waals surface area contributed by atoms with Crippen molar-refractivity contribution in [3.63, 3.8) is 0 Å². The molecule has 3 aromatic rings. The van der Waals surface area contributed by atoms with Crippen LogP contribution in [0, 0.1) is 6.92 Å². The molecule has 0 atom stereocenters. The maximum atomic E-state index is 12.6. The number of carbonyl (C=O) groups is 1. The van der Waals surface area contributed by atoms with E-state index in [1.807, 2.05) is 30.5 Å². The summed E-state index contributed by atoms with van der Waals surface area (Å²) in [6.45, 7) is 1.74. The van der Waals surface area contributed by atoms with Crippen LogP contribution in [-0.2, 0) is 10.0 Å². The molecule has 1 amide bonds. The van der Waals surface area contributed by atoms with Crippen molar-refractivity contribution >= 4 is 50.7 Å². The predicted molar refractivity (Wildman–Crippen MR) is 120 cm³/mol. The van der Waals surface area contributed by atoms with Crippen molar-refractivity contribution in [3.05, 3.63) is 82.9 Å². The van der Waals surface area contributed by atoms with E-state index < -0.39 is 10.0 Å². The van der Waals surface area contributed by atoms with Crippen LogP contribution in [0.15, 0.2) is 76.5 Å². The van der Waals surface area contributed by atoms with Crippen LogP contribution in [0.25, 0.3) is 0 Å². The summed E-state index contributed by atoms with van der Waals surface area (Å²) < 4.78 is 27.7. The lowest BCUT2D eigenvalue weighted by atomic mass is 10.1. The Bertz CT molecular complexity index is 1150. The van der Waals surface area contributed by atoms with Gasteiger partial charge in [-0.25, -0.2) is 8.42 Å². The van der Waals surface area contributed by atoms with Gasteiger partial charge in [-0.15, -0.1) is 11.8 Å². The third-order valence-electron chi connectivity index (χ3n) is 4.21. The molecule has 0 saturated carbocycles. The average Bonchev–Trinajstić information content (AvgIpc) is 2.70. The highest BCUT2D eigenvalue weighted by atomic mass is 35.5. The van der Waals surface area contributed by atoms with Crippen molar-refractivity contribution < 1.29 is 13.2 Å². The van der Waals surface area contributed by atoms with Crippen LogP contribution in [0.2, 0.25) is 5.02 Å². The summed E-state index contributed by atoms with van der Waals surface area (Å²) in [6.07, 6.45) is 1.94. The summed E-state index contributed by atoms with van der Waals surface area (Å²) in [5.41, 5.74) is 2.21. The van der Waals surface area contributed by atoms with Gasteiger partial charge in [-0.2, -0.15) is 0 Å². The zero-order valence-corrected chi connectivity index (χ0v) is 18.2. The van der Waals surface area contributed by atoms with E-state index in [0.29, 0.717) is 21.8 Å². The number of nitrogens with one attached hydrogen (secondary N) is 2. The summed E-state index contributed by atoms with van der Waals surface area (Å²) >= 11 is 7.36. The van der Waals surface area contributed by atoms with Crippen molar-refractivity contribution in [3.8, 4) is 0 Å². The fourth-order valence-corrected chi connectivity index (χ4v) is 4.49. The lowest BCUT2D eigenvalue weighted by Crippen LogP contribution is -2.15. The topological polar surface area (TPSA) is 75.3 Å². The fourth-order valence-electron chi connectivity index (χ4n) is 2.68. The highest BCUT2D eigenvalue weighted by Gasteiger charge is 2.16. The molecule has 0 spiro atoms. The zero-order valence-electron chi connectivity index (χ0n) is 15.8. The van der Waals surface area contributed by atoms with Crippen LogP contribution >= 0.6 is 23.4 Å². The lowest BCUT2D eigenvalue weighted by molar-refractivity contribution is 0.102. The normalized spacial score (nSPS) is 11.1. The second-order valence-corrected chi connectivity index (χ2v) is 9.21. The number of para-hydroxylation sites is 1. The SMILES string of the molecule is CSc1ccccc1NC(=O)c1ccc(NS(=O)(=O)c2ccc(Cl)cc2)c(C)c1. The van der Waals surface area contributed by atoms with Crippen LogP contribution in [0.3, 0.4) is 0 Å². The number of sulfonamides is 1. The van der Waals surface area contributed by atoms with E-state index in [-0.39, 0.29) is 10.8 Å². The molecule has 5 nitrogen and oxygen atoms in total. The fraction of sp³-hybridized carbons (Fsp3) is 0.0952. The largest absolute Gasteiger partial charge is 0.321 e. The molecule has 0 aliphatic heterocycles. The number of anilines is 2. The Kier molecular flexibility index (Phi) is 6.52. The van der Waals surface area contributed by atoms with E-state index in [4.69, 9.17) is 11.6 Å². The van der Waals surface area contributed by atoms with Gasteiger partial charge in [-0.1, -0.05) is 23.7 Å². The lowest BCUT2D eigenvalue weighted by Gasteiger charge is -2.13. The van der Waals surface area contributed by atoms with Crippen LogP contribution in [0.1, 0.15) is 15.9 Å². The van der Waals surface area contributed by atoms with E-state index in [0.717, 1.165) is 10.6 Å². The van der Waals surface area contributed by atoms with Crippen molar-refractivity contribution in [2.45, 2.75) is 16.7 Å². The number of benzene rings is 3. The summed E-state index contributed by atoms with van der Waals surface area (Å²) in [6, 6.07) is 18.3. The van der Waals surface area contributed by atoms with Gasteiger partial charge in [0.05, 0.1) is 16.3 Å². The average molecular weight is 447 g/mol. The van der Waals surface area contributed by atoms with Gasteiger partial charge in [0.1, 0.15) is 0 Å². The van der Waals surface area contributed by atoms with Crippen molar-refractivity contribution in [2.75, 3.05) is 16.3 Å². The first-order valence-electron chi connectivity index (χ1n) is 8.63. The van der Waals surface area contributed by atoms with E-state index in [1.54, 1.807) is 36.9 Å². The van der Waals surface area contributed by atoms with Crippen molar-refractivity contribution in [1.29, 1.82) is 0 Å². The van der Waals surface area contributed by atoms with Crippen molar-refractivity contribution in [1.82, 2.24) is 0 Å². The van der Waals surface area contributed by atoms with Gasteiger partial charge in [0.25, 0.3) is 15.9 Å². The molecule has 0 heterocycles. The van der Waals surface area contributed by atoms with Gasteiger partial charge >= 0.3 is 0 Å². The van der Waals surface area contributed by atoms with Gasteiger partial charge in [0, 0.05) is 15.5 Å². The molecule has 0 aliphatic rings. The Morgan fingerprint density at radius 1 is 0.966 bits per heavy atom. The standard InChI is InChI=1S/C21H19ClN2O3S2/c1-14-13-15(21(25)23-19-5-3-4-6-20(19)28-2)7-12-18(14)24-29(26,27)17-10-8-16(22)9-11-17/h3-13,24H,1-2H3,(H,23,25). The zero-order chi connectivity index (χ0) is 21.0. The number of thioether (sulfide) groups is 1. The highest BCUT2D eigenvalue weighted by Crippen LogP contribution is 2.26. The summed E-state index contributed by atoms with van der Waals surface area (Å²) in [4.78, 5) is 13.7. The molecule has 150 valence electrons. The molecular formula is C21H19ClN2O3S2. The van der Waals surface area contributed by atoms with Crippen LogP contribution in [0.5, 0.6) is 0 Å². The van der Waals surface area contributed by atoms with Crippen molar-refractivity contribution in [2.24, 2.45) is 0 Å². The molecule has 0 aliphatic carbocycles. The third kappa shape index (κ3) is 5.12. The highest BCUT2D eigenvalue weighted by molar-refractivity contribution is 7.98. The Balaban J connectivity index is 1.79. The molecule has 8 heteroatoms. The minimum atomic E-state index is -3.76. The number of amides is 1. The first-order valence-corrected chi connectivity index (χ1v) is 11.7. The van der Waals surface area contributed by atoms with E-state index in [9.17, 15) is 13.2 Å². The number of aryl methyl sites for hydroxylation is 1. The quantitative estimate of drug-likeness (QED) is 0.495. The van der Waals surface area contributed by atoms with Gasteiger partial charge in [0.15, 0.2) is 0 Å². The van der Waals surface area contributed by atoms with E-state index in [1.165, 1.54) is 24.3 Å². The summed E-state index contributed by atoms with van der Waals surface area (Å²) in [5.74, 6) is -0.262. The smallest absolute Gasteiger partial charge is 0.261 e. The molecule has 0 bridgehead atoms. The van der Waals surface area contributed by atoms with E-state index >= 15 is 0 Å². The second-order valence-electron chi connectivity index (χ2n) is 6.24. The molecule has 0 unspecified atom stereocenters. The number of hydrogen-bond donors (Lipinski definition) is 2. The Hall–Kier alpha value is -2.48. The third-order valence-corrected chi connectivity index (χ3v) is 6.64. The van der Waals surface area contributed by atoms with Gasteiger partial charge in [-0.05, 0) is 73.3 Å². The van der Waals surface area contributed by atoms with Gasteiger partial charge in [-0.3, -0.25) is 9.52 Å². The maximum Gasteiger partial charge on any atom is 0.261 e. The number of rotatable bonds is 6. The minimum absolute atomic E-state index is 0.108. The molecule has 0 fully saturated rings. The monoisotopic (exact) mass is 446 g/mol. The molecule has 0 saturated heterocycles. The van der Waals surface area contributed by atoms with E-state index in [2.05, 4.69) is 10.0 Å². The molecule has 2 N–H and O–H groups in total. The summed E-state index contributed by atoms with van der Waals surface area (Å²) in [5, 5.41) is 3.35. The maximum absolute atomic E-state index is 12.6. The molecule has 0 aromatic heterocycles. The van der Waals surface area contributed by atoms with Gasteiger partial charge in [0.2, 0.25) is 0 Å². The first-order chi connectivity index (χ1) is 13.8. The second kappa shape index (κ2) is 8.90. The predicted octanol–water partition coefficient (Wildman–Crippen LogP) is 5.42. The van der Waals surface area contributed by atoms with Crippen LogP contribution < -0.4 is 10.0 Å². The number of carbonyl (C=O) groups excluding carboxylic acids is 1. The van der Waals surface area contributed by atoms with Crippen LogP contribution in [0.4, 0.5) is 11.4 Å². The van der Waals surface area contributed by atoms with Crippen LogP contribution in [-0.4, -0.2) is 20.6 Å². The molecule has 3 aromatic carbocycles. The number of hydrogen-bond acceptors (Lipinski definition) is 4. The molecule has 29 heavy (non-hydrogen) atoms. The Labute approximate surface area is 179 Å². The Morgan fingerprint density at radius 2 is 1.66 bits per heavy atom. The molecular weight excluding hydrogens is 428 g/mol. The minimum Gasteiger partial charge on any atom is -0.321 e. The number of halogens is 1.